The Morgan fingerprint density at radius 1 is 0.913 bits per heavy atom. The summed E-state index contributed by atoms with van der Waals surface area (Å²) < 4.78 is 20.6. The lowest BCUT2D eigenvalue weighted by Crippen LogP contribution is -2.30. The number of aliphatic hydroxyl groups excluding tert-OH is 1. The van der Waals surface area contributed by atoms with Gasteiger partial charge >= 0.3 is 0 Å². The van der Waals surface area contributed by atoms with Gasteiger partial charge in [0.15, 0.2) is 5.65 Å². The third kappa shape index (κ3) is 16.9. The smallest absolute Gasteiger partial charge is 0.274 e. The summed E-state index contributed by atoms with van der Waals surface area (Å²) in [6, 6.07) is 17.8. The summed E-state index contributed by atoms with van der Waals surface area (Å²) in [6.07, 6.45) is 11.8. The highest BCUT2D eigenvalue weighted by molar-refractivity contribution is 6.31. The van der Waals surface area contributed by atoms with Crippen LogP contribution in [0.2, 0.25) is 5.02 Å². The number of nitrogens with zero attached hydrogens (tertiary/aromatic N) is 7. The van der Waals surface area contributed by atoms with E-state index in [1.165, 1.54) is 30.3 Å². The summed E-state index contributed by atoms with van der Waals surface area (Å²) in [7, 11) is 0. The Hall–Kier alpha value is -5.99. The molecule has 0 aliphatic carbocycles. The second-order valence-electron chi connectivity index (χ2n) is 16.2. The van der Waals surface area contributed by atoms with Crippen molar-refractivity contribution in [3.05, 3.63) is 115 Å². The van der Waals surface area contributed by atoms with Crippen molar-refractivity contribution in [3.8, 4) is 11.9 Å². The summed E-state index contributed by atoms with van der Waals surface area (Å²) in [4.78, 5) is 40.9. The Morgan fingerprint density at radius 3 is 2.33 bits per heavy atom. The van der Waals surface area contributed by atoms with Crippen LogP contribution in [0, 0.1) is 11.3 Å². The number of anilines is 3. The van der Waals surface area contributed by atoms with E-state index in [9.17, 15) is 14.9 Å². The fraction of sp³-hybridized carbons (Fsp3) is 0.500. The number of aromatic amines is 1. The molecular weight excluding hydrogens is 896 g/mol. The van der Waals surface area contributed by atoms with Crippen LogP contribution in [-0.4, -0.2) is 87.0 Å². The number of ether oxygens (including phenoxy) is 3. The predicted molar refractivity (Wildman–Crippen MR) is 280 cm³/mol. The maximum absolute atomic E-state index is 13.4. The fourth-order valence-corrected chi connectivity index (χ4v) is 7.64. The average Bonchev–Trinajstić information content (AvgIpc) is 3.79. The summed E-state index contributed by atoms with van der Waals surface area (Å²) >= 11 is 6.15. The van der Waals surface area contributed by atoms with Gasteiger partial charge in [-0.25, -0.2) is 9.97 Å². The molecule has 0 amide bonds. The molecule has 17 heteroatoms. The number of H-pyrrole nitrogens is 1. The fourth-order valence-electron chi connectivity index (χ4n) is 7.46. The topological polar surface area (TPSA) is 197 Å². The Morgan fingerprint density at radius 2 is 1.64 bits per heavy atom. The quantitative estimate of drug-likeness (QED) is 0.0498. The van der Waals surface area contributed by atoms with Gasteiger partial charge in [-0.15, -0.1) is 0 Å². The number of benzene rings is 1. The van der Waals surface area contributed by atoms with Crippen molar-refractivity contribution < 1.29 is 20.7 Å². The van der Waals surface area contributed by atoms with Crippen LogP contribution < -0.4 is 31.4 Å². The minimum absolute atomic E-state index is 0. The van der Waals surface area contributed by atoms with Crippen molar-refractivity contribution in [2.24, 2.45) is 0 Å². The van der Waals surface area contributed by atoms with Crippen LogP contribution in [0.15, 0.2) is 76.6 Å². The van der Waals surface area contributed by atoms with Gasteiger partial charge in [-0.05, 0) is 101 Å². The second kappa shape index (κ2) is 30.5. The molecule has 1 aromatic carbocycles. The van der Waals surface area contributed by atoms with Gasteiger partial charge in [-0.2, -0.15) is 14.9 Å². The number of piperidine rings is 1. The zero-order chi connectivity index (χ0) is 50.0. The molecule has 1 aliphatic heterocycles. The Labute approximate surface area is 413 Å². The Balaban J connectivity index is 0.00000135. The van der Waals surface area contributed by atoms with E-state index < -0.39 is 6.04 Å². The molecule has 1 saturated heterocycles. The molecule has 1 unspecified atom stereocenters. The normalized spacial score (nSPS) is 12.4. The number of fused-ring (bicyclic) bond motifs is 2. The van der Waals surface area contributed by atoms with Crippen LogP contribution in [0.3, 0.4) is 0 Å². The van der Waals surface area contributed by atoms with E-state index in [1.54, 1.807) is 43.3 Å². The largest absolute Gasteiger partial charge is 0.475 e. The highest BCUT2D eigenvalue weighted by Gasteiger charge is 2.18. The van der Waals surface area contributed by atoms with E-state index in [2.05, 4.69) is 63.5 Å². The number of hydrogen-bond donors (Lipinski definition) is 4. The van der Waals surface area contributed by atoms with E-state index in [0.29, 0.717) is 80.2 Å². The molecule has 69 heavy (non-hydrogen) atoms. The summed E-state index contributed by atoms with van der Waals surface area (Å²) in [5, 5.41) is 29.9. The SMILES string of the molecule is CC.CCC.CCO.CCc1cnn2c(NCc3ccc(OCCOCCOCCCCCn4c(C#N)ccc(NC(C)c5cc6cc(Cl)ccc6[nH]c5=O)c4=O)nc3)cc(N3CCCCC3)nc12.[HH]. The molecule has 0 spiro atoms. The number of rotatable bonds is 21. The van der Waals surface area contributed by atoms with Crippen molar-refractivity contribution in [2.75, 3.05) is 68.3 Å². The number of halogens is 1. The van der Waals surface area contributed by atoms with Crippen molar-refractivity contribution in [3.63, 3.8) is 0 Å². The average molecular weight is 972 g/mol. The number of nitrogens with one attached hydrogen (secondary N) is 3. The van der Waals surface area contributed by atoms with Gasteiger partial charge in [0, 0.05) is 86.2 Å². The first-order chi connectivity index (χ1) is 33.6. The molecule has 4 N–H and O–H groups in total. The monoisotopic (exact) mass is 971 g/mol. The van der Waals surface area contributed by atoms with Crippen LogP contribution in [-0.2, 0) is 29.0 Å². The lowest BCUT2D eigenvalue weighted by Gasteiger charge is -2.28. The second-order valence-corrected chi connectivity index (χ2v) is 16.6. The van der Waals surface area contributed by atoms with Gasteiger partial charge in [0.1, 0.15) is 35.7 Å². The predicted octanol–water partition coefficient (Wildman–Crippen LogP) is 9.96. The highest BCUT2D eigenvalue weighted by Crippen LogP contribution is 2.26. The molecule has 1 fully saturated rings. The summed E-state index contributed by atoms with van der Waals surface area (Å²) in [6.45, 7) is 19.4. The van der Waals surface area contributed by atoms with Gasteiger partial charge in [-0.3, -0.25) is 14.2 Å². The maximum atomic E-state index is 13.4. The molecule has 16 nitrogen and oxygen atoms in total. The van der Waals surface area contributed by atoms with Gasteiger partial charge in [-0.1, -0.05) is 58.7 Å². The van der Waals surface area contributed by atoms with E-state index in [0.717, 1.165) is 66.1 Å². The van der Waals surface area contributed by atoms with Crippen molar-refractivity contribution in [1.82, 2.24) is 29.1 Å². The van der Waals surface area contributed by atoms with Gasteiger partial charge in [0.05, 0.1) is 32.1 Å². The first kappa shape index (κ1) is 55.6. The van der Waals surface area contributed by atoms with Crippen molar-refractivity contribution in [2.45, 2.75) is 119 Å². The third-order valence-corrected chi connectivity index (χ3v) is 11.1. The minimum atomic E-state index is -0.472. The van der Waals surface area contributed by atoms with Crippen LogP contribution >= 0.6 is 11.6 Å². The Bertz CT molecular complexity index is 2610. The molecular formula is C52H75ClN10O6. The number of hydrogen-bond acceptors (Lipinski definition) is 13. The first-order valence-corrected chi connectivity index (χ1v) is 25.0. The molecule has 7 rings (SSSR count). The molecule has 0 bridgehead atoms. The third-order valence-electron chi connectivity index (χ3n) is 10.8. The molecule has 0 radical (unpaired) electrons. The molecule has 5 aromatic heterocycles. The van der Waals surface area contributed by atoms with Crippen LogP contribution in [0.25, 0.3) is 16.6 Å². The van der Waals surface area contributed by atoms with E-state index in [-0.39, 0.29) is 24.8 Å². The van der Waals surface area contributed by atoms with Crippen LogP contribution in [0.5, 0.6) is 5.88 Å². The molecule has 1 atom stereocenters. The van der Waals surface area contributed by atoms with Gasteiger partial charge in [0.2, 0.25) is 5.88 Å². The molecule has 1 aliphatic rings. The summed E-state index contributed by atoms with van der Waals surface area (Å²) in [5.74, 6) is 2.43. The Kier molecular flexibility index (Phi) is 24.6. The zero-order valence-corrected chi connectivity index (χ0v) is 42.4. The number of unbranched alkanes of at least 4 members (excludes halogenated alkanes) is 2. The van der Waals surface area contributed by atoms with E-state index in [4.69, 9.17) is 35.9 Å². The van der Waals surface area contributed by atoms with Crippen LogP contribution in [0.1, 0.15) is 123 Å². The maximum Gasteiger partial charge on any atom is 0.274 e. The number of aliphatic hydroxyl groups is 1. The first-order valence-electron chi connectivity index (χ1n) is 24.6. The highest BCUT2D eigenvalue weighted by atomic mass is 35.5. The zero-order valence-electron chi connectivity index (χ0n) is 41.7. The van der Waals surface area contributed by atoms with Gasteiger partial charge < -0.3 is 39.8 Å². The molecule has 6 aromatic rings. The minimum Gasteiger partial charge on any atom is -0.475 e. The van der Waals surface area contributed by atoms with E-state index >= 15 is 0 Å². The standard InChI is InChI=1S/C45H53ClN10O5.C3H8.C2H6O.C2H6.H2/c1-3-33-30-50-56-40(26-41(53-43(33)56)54-16-6-4-7-17-54)48-28-32-10-15-42(49-29-32)61-23-22-60-21-20-59-19-9-5-8-18-55-36(27-47)12-14-39(45(55)58)51-31(2)37-25-34-24-35(46)11-13-38(34)52-44(37)57;1-3-2;1-2-3;1-2;/h10-15,24-26,29-31,48,51H,3-9,16-23,28H2,1-2H3,(H,52,57);3H2,1-2H3;3H,2H2,1H3;1-2H3;1H. The number of aromatic nitrogens is 6. The summed E-state index contributed by atoms with van der Waals surface area (Å²) in [5.41, 5.74) is 4.23. The van der Waals surface area contributed by atoms with Crippen LogP contribution in [0.4, 0.5) is 17.3 Å². The van der Waals surface area contributed by atoms with Crippen molar-refractivity contribution in [1.29, 1.82) is 5.26 Å². The van der Waals surface area contributed by atoms with Crippen molar-refractivity contribution >= 4 is 45.5 Å². The van der Waals surface area contributed by atoms with E-state index in [1.807, 2.05) is 49.8 Å². The number of pyridine rings is 3. The number of nitriles is 1. The molecule has 0 saturated carbocycles. The molecule has 6 heterocycles. The lowest BCUT2D eigenvalue weighted by atomic mass is 10.1. The lowest BCUT2D eigenvalue weighted by molar-refractivity contribution is 0.0347. The number of aryl methyl sites for hydroxylation is 1. The van der Waals surface area contributed by atoms with Gasteiger partial charge in [0.25, 0.3) is 11.1 Å². The molecule has 376 valence electrons.